The first-order valence-corrected chi connectivity index (χ1v) is 7.16. The van der Waals surface area contributed by atoms with Crippen LogP contribution >= 0.6 is 0 Å². The molecular weight excluding hydrogens is 329 g/mol. The second kappa shape index (κ2) is 6.83. The predicted molar refractivity (Wildman–Crippen MR) is 88.5 cm³/mol. The Kier molecular flexibility index (Phi) is 4.42. The largest absolute Gasteiger partial charge is 0.393 e. The zero-order valence-corrected chi connectivity index (χ0v) is 13.1. The van der Waals surface area contributed by atoms with Crippen molar-refractivity contribution in [2.24, 2.45) is 0 Å². The fourth-order valence-corrected chi connectivity index (χ4v) is 1.97. The standard InChI is InChI=1S/C15H14FN7O2/c1-8-6-11(23-25-8)20-13-12(17)14(19-7-18-13)21-22-15(24)9-4-2-3-5-10(9)16/h2-7H,17H2,1H3,(H,22,24)(H2,18,19,20,21,23). The Bertz CT molecular complexity index is 912. The highest BCUT2D eigenvalue weighted by atomic mass is 19.1. The van der Waals surface area contributed by atoms with Crippen LogP contribution in [0.3, 0.4) is 0 Å². The lowest BCUT2D eigenvalue weighted by molar-refractivity contribution is 0.0958. The summed E-state index contributed by atoms with van der Waals surface area (Å²) in [6, 6.07) is 7.25. The van der Waals surface area contributed by atoms with Gasteiger partial charge in [-0.25, -0.2) is 14.4 Å². The number of nitrogens with zero attached hydrogens (tertiary/aromatic N) is 3. The molecule has 0 aliphatic carbocycles. The third-order valence-electron chi connectivity index (χ3n) is 3.17. The number of carbonyl (C=O) groups is 1. The molecule has 0 fully saturated rings. The highest BCUT2D eigenvalue weighted by Crippen LogP contribution is 2.25. The number of hydrazine groups is 1. The maximum atomic E-state index is 13.6. The van der Waals surface area contributed by atoms with Crippen molar-refractivity contribution in [3.05, 3.63) is 53.8 Å². The number of aromatic nitrogens is 3. The molecule has 25 heavy (non-hydrogen) atoms. The van der Waals surface area contributed by atoms with E-state index in [9.17, 15) is 9.18 Å². The van der Waals surface area contributed by atoms with E-state index in [0.717, 1.165) is 0 Å². The Morgan fingerprint density at radius 3 is 2.72 bits per heavy atom. The van der Waals surface area contributed by atoms with Gasteiger partial charge in [-0.05, 0) is 19.1 Å². The predicted octanol–water partition coefficient (Wildman–Crippen LogP) is 1.99. The van der Waals surface area contributed by atoms with E-state index in [-0.39, 0.29) is 22.9 Å². The van der Waals surface area contributed by atoms with Crippen LogP contribution in [-0.2, 0) is 0 Å². The second-order valence-corrected chi connectivity index (χ2v) is 4.99. The normalized spacial score (nSPS) is 10.3. The van der Waals surface area contributed by atoms with E-state index in [0.29, 0.717) is 11.6 Å². The quantitative estimate of drug-likeness (QED) is 0.517. The average molecular weight is 343 g/mol. The molecule has 128 valence electrons. The van der Waals surface area contributed by atoms with Crippen molar-refractivity contribution in [2.75, 3.05) is 16.5 Å². The first-order valence-electron chi connectivity index (χ1n) is 7.16. The van der Waals surface area contributed by atoms with Crippen LogP contribution in [0, 0.1) is 12.7 Å². The molecule has 0 unspecified atom stereocenters. The fourth-order valence-electron chi connectivity index (χ4n) is 1.97. The second-order valence-electron chi connectivity index (χ2n) is 4.99. The summed E-state index contributed by atoms with van der Waals surface area (Å²) in [5, 5.41) is 6.64. The van der Waals surface area contributed by atoms with Crippen LogP contribution in [0.25, 0.3) is 0 Å². The summed E-state index contributed by atoms with van der Waals surface area (Å²) in [6.45, 7) is 1.74. The lowest BCUT2D eigenvalue weighted by Gasteiger charge is -2.12. The average Bonchev–Trinajstić information content (AvgIpc) is 3.01. The number of hydrogen-bond donors (Lipinski definition) is 4. The van der Waals surface area contributed by atoms with Gasteiger partial charge in [-0.1, -0.05) is 17.3 Å². The van der Waals surface area contributed by atoms with Gasteiger partial charge in [0.05, 0.1) is 5.56 Å². The lowest BCUT2D eigenvalue weighted by Crippen LogP contribution is -2.31. The maximum Gasteiger partial charge on any atom is 0.272 e. The summed E-state index contributed by atoms with van der Waals surface area (Å²) in [7, 11) is 0. The van der Waals surface area contributed by atoms with Crippen LogP contribution in [0.2, 0.25) is 0 Å². The molecule has 2 heterocycles. The van der Waals surface area contributed by atoms with Gasteiger partial charge in [-0.3, -0.25) is 15.6 Å². The molecule has 0 saturated carbocycles. The third-order valence-corrected chi connectivity index (χ3v) is 3.17. The van der Waals surface area contributed by atoms with Gasteiger partial charge < -0.3 is 15.6 Å². The number of aryl methyl sites for hydroxylation is 1. The van der Waals surface area contributed by atoms with E-state index in [1.807, 2.05) is 0 Å². The Morgan fingerprint density at radius 1 is 1.24 bits per heavy atom. The first kappa shape index (κ1) is 16.2. The highest BCUT2D eigenvalue weighted by molar-refractivity contribution is 5.95. The van der Waals surface area contributed by atoms with E-state index >= 15 is 0 Å². The van der Waals surface area contributed by atoms with Gasteiger partial charge in [0.15, 0.2) is 17.5 Å². The Morgan fingerprint density at radius 2 is 2.00 bits per heavy atom. The van der Waals surface area contributed by atoms with Gasteiger partial charge in [-0.15, -0.1) is 0 Å². The van der Waals surface area contributed by atoms with E-state index in [2.05, 4.69) is 31.3 Å². The molecular formula is C15H14FN7O2. The van der Waals surface area contributed by atoms with Gasteiger partial charge in [0, 0.05) is 6.07 Å². The molecule has 9 nitrogen and oxygen atoms in total. The van der Waals surface area contributed by atoms with Crippen molar-refractivity contribution in [1.82, 2.24) is 20.6 Å². The van der Waals surface area contributed by atoms with Crippen LogP contribution in [0.15, 0.2) is 41.2 Å². The van der Waals surface area contributed by atoms with E-state index in [1.54, 1.807) is 19.1 Å². The molecule has 1 aromatic carbocycles. The van der Waals surface area contributed by atoms with Crippen molar-refractivity contribution >= 4 is 29.0 Å². The van der Waals surface area contributed by atoms with Crippen molar-refractivity contribution in [1.29, 1.82) is 0 Å². The molecule has 1 amide bonds. The minimum absolute atomic E-state index is 0.112. The third kappa shape index (κ3) is 3.63. The highest BCUT2D eigenvalue weighted by Gasteiger charge is 2.13. The number of benzene rings is 1. The lowest BCUT2D eigenvalue weighted by atomic mass is 10.2. The molecule has 3 rings (SSSR count). The SMILES string of the molecule is Cc1cc(Nc2ncnc(NNC(=O)c3ccccc3F)c2N)no1. The molecule has 0 radical (unpaired) electrons. The van der Waals surface area contributed by atoms with Crippen LogP contribution in [0.4, 0.5) is 27.5 Å². The summed E-state index contributed by atoms with van der Waals surface area (Å²) in [6.07, 6.45) is 1.24. The zero-order valence-electron chi connectivity index (χ0n) is 13.1. The summed E-state index contributed by atoms with van der Waals surface area (Å²) in [5.74, 6) is 0.141. The minimum atomic E-state index is -0.669. The van der Waals surface area contributed by atoms with Gasteiger partial charge in [0.2, 0.25) is 0 Å². The molecule has 0 aliphatic rings. The van der Waals surface area contributed by atoms with Crippen molar-refractivity contribution < 1.29 is 13.7 Å². The molecule has 0 bridgehead atoms. The van der Waals surface area contributed by atoms with Crippen molar-refractivity contribution in [2.45, 2.75) is 6.92 Å². The molecule has 2 aromatic heterocycles. The number of nitrogens with one attached hydrogen (secondary N) is 3. The molecule has 10 heteroatoms. The van der Waals surface area contributed by atoms with E-state index < -0.39 is 11.7 Å². The number of rotatable bonds is 5. The van der Waals surface area contributed by atoms with Gasteiger partial charge >= 0.3 is 0 Å². The first-order chi connectivity index (χ1) is 12.0. The van der Waals surface area contributed by atoms with Crippen LogP contribution < -0.4 is 21.9 Å². The van der Waals surface area contributed by atoms with Crippen LogP contribution in [-0.4, -0.2) is 21.0 Å². The number of nitrogens with two attached hydrogens (primary N) is 1. The van der Waals surface area contributed by atoms with Gasteiger partial charge in [0.25, 0.3) is 5.91 Å². The number of amides is 1. The molecule has 3 aromatic rings. The number of nitrogen functional groups attached to an aromatic ring is 1. The number of hydrogen-bond acceptors (Lipinski definition) is 8. The molecule has 0 atom stereocenters. The smallest absolute Gasteiger partial charge is 0.272 e. The van der Waals surface area contributed by atoms with E-state index in [1.165, 1.54) is 24.5 Å². The molecule has 0 saturated heterocycles. The Hall–Kier alpha value is -3.69. The summed E-state index contributed by atoms with van der Waals surface area (Å²) >= 11 is 0. The van der Waals surface area contributed by atoms with E-state index in [4.69, 9.17) is 10.3 Å². The molecule has 0 spiro atoms. The monoisotopic (exact) mass is 343 g/mol. The molecule has 0 aliphatic heterocycles. The Balaban J connectivity index is 1.72. The maximum absolute atomic E-state index is 13.6. The minimum Gasteiger partial charge on any atom is -0.393 e. The van der Waals surface area contributed by atoms with Gasteiger partial charge in [0.1, 0.15) is 23.6 Å². The zero-order chi connectivity index (χ0) is 17.8. The number of carbonyl (C=O) groups excluding carboxylic acids is 1. The van der Waals surface area contributed by atoms with Crippen LogP contribution in [0.1, 0.15) is 16.1 Å². The molecule has 5 N–H and O–H groups in total. The van der Waals surface area contributed by atoms with Crippen LogP contribution in [0.5, 0.6) is 0 Å². The van der Waals surface area contributed by atoms with Gasteiger partial charge in [-0.2, -0.15) is 0 Å². The van der Waals surface area contributed by atoms with Crippen molar-refractivity contribution in [3.8, 4) is 0 Å². The number of halogens is 1. The summed E-state index contributed by atoms with van der Waals surface area (Å²) < 4.78 is 18.5. The summed E-state index contributed by atoms with van der Waals surface area (Å²) in [5.41, 5.74) is 10.9. The fraction of sp³-hybridized carbons (Fsp3) is 0.0667. The topological polar surface area (TPSA) is 131 Å². The Labute approximate surface area is 141 Å². The van der Waals surface area contributed by atoms with Crippen molar-refractivity contribution in [3.63, 3.8) is 0 Å². The summed E-state index contributed by atoms with van der Waals surface area (Å²) in [4.78, 5) is 19.9. The number of anilines is 4.